The van der Waals surface area contributed by atoms with Gasteiger partial charge in [-0.05, 0) is 36.6 Å². The van der Waals surface area contributed by atoms with Gasteiger partial charge in [0.2, 0.25) is 41.4 Å². The predicted molar refractivity (Wildman–Crippen MR) is 205 cm³/mol. The molecule has 59 heavy (non-hydrogen) atoms. The summed E-state index contributed by atoms with van der Waals surface area (Å²) in [4.78, 5) is 109. The van der Waals surface area contributed by atoms with Crippen LogP contribution in [0.4, 0.5) is 0 Å². The number of hydrogen-bond acceptors (Lipinski definition) is 13. The van der Waals surface area contributed by atoms with Gasteiger partial charge in [0.1, 0.15) is 29.9 Å². The molecule has 7 atom stereocenters. The lowest BCUT2D eigenvalue weighted by Gasteiger charge is -2.26. The minimum Gasteiger partial charge on any atom is -0.508 e. The van der Waals surface area contributed by atoms with Crippen LogP contribution in [0.2, 0.25) is 0 Å². The molecule has 0 aliphatic rings. The molecule has 0 aliphatic heterocycles. The van der Waals surface area contributed by atoms with Crippen LogP contribution < -0.4 is 43.4 Å². The maximum absolute atomic E-state index is 13.7. The number of phenolic OH excluding ortho intramolecular Hbond substituents is 1. The first-order chi connectivity index (χ1) is 28.0. The number of benzene rings is 2. The van der Waals surface area contributed by atoms with Gasteiger partial charge in [0.25, 0.3) is 0 Å². The van der Waals surface area contributed by atoms with Crippen molar-refractivity contribution >= 4 is 47.3 Å². The van der Waals surface area contributed by atoms with Gasteiger partial charge < -0.3 is 68.8 Å². The number of nitrogens with two attached hydrogens (primary N) is 2. The van der Waals surface area contributed by atoms with Crippen molar-refractivity contribution in [3.63, 3.8) is 0 Å². The van der Waals surface area contributed by atoms with Crippen LogP contribution in [0.15, 0.2) is 67.1 Å². The minimum atomic E-state index is -1.70. The summed E-state index contributed by atoms with van der Waals surface area (Å²) in [5, 5.41) is 52.3. The molecule has 7 amide bonds. The molecule has 7 unspecified atom stereocenters. The fourth-order valence-corrected chi connectivity index (χ4v) is 5.47. The number of H-pyrrole nitrogens is 1. The zero-order valence-corrected chi connectivity index (χ0v) is 31.8. The number of aromatic amines is 1. The van der Waals surface area contributed by atoms with E-state index in [1.165, 1.54) is 24.7 Å². The summed E-state index contributed by atoms with van der Waals surface area (Å²) in [5.74, 6) is -8.43. The molecule has 0 bridgehead atoms. The number of aliphatic hydroxyl groups is 2. The highest BCUT2D eigenvalue weighted by atomic mass is 16.4. The second-order valence-electron chi connectivity index (χ2n) is 13.4. The Balaban J connectivity index is 1.76. The van der Waals surface area contributed by atoms with Gasteiger partial charge in [0.05, 0.1) is 38.0 Å². The van der Waals surface area contributed by atoms with Crippen molar-refractivity contribution in [3.8, 4) is 5.75 Å². The molecule has 0 radical (unpaired) electrons. The number of aromatic hydroxyl groups is 1. The maximum Gasteiger partial charge on any atom is 0.328 e. The van der Waals surface area contributed by atoms with Crippen LogP contribution >= 0.6 is 0 Å². The Labute approximate surface area is 336 Å². The number of nitrogens with zero attached hydrogens (tertiary/aromatic N) is 1. The summed E-state index contributed by atoms with van der Waals surface area (Å²) in [6.07, 6.45) is 0.188. The van der Waals surface area contributed by atoms with Crippen molar-refractivity contribution in [2.45, 2.75) is 75.0 Å². The average Bonchev–Trinajstić information content (AvgIpc) is 3.71. The highest BCUT2D eigenvalue weighted by molar-refractivity contribution is 5.98. The Hall–Kier alpha value is -6.91. The predicted octanol–water partition coefficient (Wildman–Crippen LogP) is -4.66. The van der Waals surface area contributed by atoms with Crippen molar-refractivity contribution in [1.29, 1.82) is 0 Å². The van der Waals surface area contributed by atoms with Crippen LogP contribution in [0.1, 0.15) is 30.2 Å². The van der Waals surface area contributed by atoms with E-state index in [0.717, 1.165) is 6.92 Å². The summed E-state index contributed by atoms with van der Waals surface area (Å²) in [6.45, 7) is -0.680. The summed E-state index contributed by atoms with van der Waals surface area (Å²) < 4.78 is 0. The van der Waals surface area contributed by atoms with E-state index in [1.54, 1.807) is 42.5 Å². The van der Waals surface area contributed by atoms with E-state index in [9.17, 15) is 58.8 Å². The van der Waals surface area contributed by atoms with Crippen LogP contribution in [-0.4, -0.2) is 133 Å². The zero-order chi connectivity index (χ0) is 43.6. The third-order valence-corrected chi connectivity index (χ3v) is 8.60. The number of nitrogens with one attached hydrogen (secondary N) is 7. The topological polar surface area (TPSA) is 370 Å². The molecule has 15 N–H and O–H groups in total. The minimum absolute atomic E-state index is 0.0145. The zero-order valence-electron chi connectivity index (χ0n) is 31.8. The highest BCUT2D eigenvalue weighted by Crippen LogP contribution is 2.12. The largest absolute Gasteiger partial charge is 0.508 e. The number of carboxylic acid groups (broad SMARTS) is 1. The van der Waals surface area contributed by atoms with Crippen LogP contribution in [-0.2, 0) is 57.6 Å². The number of aliphatic carboxylic acids is 1. The first kappa shape index (κ1) is 46.5. The second kappa shape index (κ2) is 22.7. The maximum atomic E-state index is 13.7. The normalized spacial score (nSPS) is 14.4. The van der Waals surface area contributed by atoms with Crippen molar-refractivity contribution < 1.29 is 58.8 Å². The van der Waals surface area contributed by atoms with Crippen molar-refractivity contribution in [2.75, 3.05) is 13.2 Å². The quantitative estimate of drug-likeness (QED) is 0.0428. The number of carboxylic acids is 1. The van der Waals surface area contributed by atoms with E-state index in [2.05, 4.69) is 36.6 Å². The smallest absolute Gasteiger partial charge is 0.328 e. The van der Waals surface area contributed by atoms with E-state index < -0.39 is 109 Å². The van der Waals surface area contributed by atoms with Gasteiger partial charge in [-0.25, -0.2) is 9.78 Å². The summed E-state index contributed by atoms with van der Waals surface area (Å²) in [5.41, 5.74) is 13.0. The molecule has 0 saturated carbocycles. The molecule has 22 heteroatoms. The number of carbonyl (C=O) groups is 8. The van der Waals surface area contributed by atoms with Gasteiger partial charge in [0, 0.05) is 24.7 Å². The Morgan fingerprint density at radius 3 is 1.85 bits per heavy atom. The Morgan fingerprint density at radius 1 is 0.729 bits per heavy atom. The number of carbonyl (C=O) groups excluding carboxylic acids is 7. The van der Waals surface area contributed by atoms with Crippen LogP contribution in [0.3, 0.4) is 0 Å². The molecule has 1 aromatic heterocycles. The molecular weight excluding hydrogens is 776 g/mol. The number of rotatable bonds is 23. The number of primary amides is 1. The molecule has 0 spiro atoms. The summed E-state index contributed by atoms with van der Waals surface area (Å²) >= 11 is 0. The van der Waals surface area contributed by atoms with Crippen LogP contribution in [0, 0.1) is 0 Å². The first-order valence-corrected chi connectivity index (χ1v) is 18.1. The number of hydrogen-bond donors (Lipinski definition) is 13. The SMILES string of the molecule is CC(O)C(NC(=O)CNC(=O)C(CC(N)=O)NC(=O)C(Cc1ccccc1)NC(=O)C(CO)NC(=O)C(Cc1cnc[nH]1)NC(=O)C(N)Cc1ccc(O)cc1)C(=O)O. The average molecular weight is 825 g/mol. The standard InChI is InChI=1S/C37H48N10O12/c1-19(49)31(37(58)59)47-30(52)16-41-33(54)27(14-29(39)51)45-34(55)25(12-20-5-3-2-4-6-20)44-36(57)28(17-48)46-35(56)26(13-22-15-40-18-42-22)43-32(53)24(38)11-21-7-9-23(50)10-8-21/h2-10,15,18-19,24-28,31,48-50H,11-14,16-17,38H2,1H3,(H2,39,51)(H,40,42)(H,41,54)(H,43,53)(H,44,57)(H,45,55)(H,46,56)(H,47,52)(H,58,59). The van der Waals surface area contributed by atoms with E-state index in [4.69, 9.17) is 11.5 Å². The molecule has 3 aromatic rings. The lowest BCUT2D eigenvalue weighted by Crippen LogP contribution is -2.60. The Kier molecular flexibility index (Phi) is 17.9. The van der Waals surface area contributed by atoms with E-state index in [1.807, 2.05) is 5.32 Å². The van der Waals surface area contributed by atoms with Crippen molar-refractivity contribution in [3.05, 3.63) is 83.9 Å². The molecule has 0 saturated heterocycles. The van der Waals surface area contributed by atoms with Crippen LogP contribution in [0.25, 0.3) is 0 Å². The van der Waals surface area contributed by atoms with Crippen molar-refractivity contribution in [2.24, 2.45) is 11.5 Å². The van der Waals surface area contributed by atoms with Gasteiger partial charge in [-0.2, -0.15) is 0 Å². The molecule has 0 fully saturated rings. The number of aliphatic hydroxyl groups excluding tert-OH is 2. The van der Waals surface area contributed by atoms with Gasteiger partial charge in [-0.15, -0.1) is 0 Å². The monoisotopic (exact) mass is 824 g/mol. The number of aromatic nitrogens is 2. The Morgan fingerprint density at radius 2 is 1.29 bits per heavy atom. The third kappa shape index (κ3) is 15.5. The van der Waals surface area contributed by atoms with Crippen LogP contribution in [0.5, 0.6) is 5.75 Å². The molecule has 3 rings (SSSR count). The number of phenols is 1. The van der Waals surface area contributed by atoms with E-state index >= 15 is 0 Å². The van der Waals surface area contributed by atoms with E-state index in [-0.39, 0.29) is 25.0 Å². The highest BCUT2D eigenvalue weighted by Gasteiger charge is 2.33. The lowest BCUT2D eigenvalue weighted by atomic mass is 10.0. The summed E-state index contributed by atoms with van der Waals surface area (Å²) in [6, 6.07) is 5.13. The molecular formula is C37H48N10O12. The first-order valence-electron chi connectivity index (χ1n) is 18.1. The number of imidazole rings is 1. The third-order valence-electron chi connectivity index (χ3n) is 8.60. The molecule has 22 nitrogen and oxygen atoms in total. The molecule has 2 aromatic carbocycles. The van der Waals surface area contributed by atoms with Gasteiger partial charge in [-0.1, -0.05) is 42.5 Å². The fraction of sp³-hybridized carbons (Fsp3) is 0.378. The Bertz CT molecular complexity index is 1910. The number of amides is 7. The molecule has 1 heterocycles. The molecule has 0 aliphatic carbocycles. The molecule has 318 valence electrons. The van der Waals surface area contributed by atoms with Gasteiger partial charge in [-0.3, -0.25) is 33.6 Å². The lowest BCUT2D eigenvalue weighted by molar-refractivity contribution is -0.144. The van der Waals surface area contributed by atoms with Gasteiger partial charge in [0.15, 0.2) is 6.04 Å². The van der Waals surface area contributed by atoms with E-state index in [0.29, 0.717) is 16.8 Å². The second-order valence-corrected chi connectivity index (χ2v) is 13.4. The van der Waals surface area contributed by atoms with Crippen molar-refractivity contribution in [1.82, 2.24) is 41.9 Å². The van der Waals surface area contributed by atoms with Gasteiger partial charge >= 0.3 is 5.97 Å². The fourth-order valence-electron chi connectivity index (χ4n) is 5.47. The summed E-state index contributed by atoms with van der Waals surface area (Å²) in [7, 11) is 0.